The van der Waals surface area contributed by atoms with Gasteiger partial charge >= 0.3 is 0 Å². The van der Waals surface area contributed by atoms with Crippen molar-refractivity contribution in [1.29, 1.82) is 5.26 Å². The van der Waals surface area contributed by atoms with Crippen LogP contribution in [-0.4, -0.2) is 58.8 Å². The maximum absolute atomic E-state index is 13.2. The predicted molar refractivity (Wildman–Crippen MR) is 125 cm³/mol. The van der Waals surface area contributed by atoms with Crippen molar-refractivity contribution in [3.63, 3.8) is 0 Å². The summed E-state index contributed by atoms with van der Waals surface area (Å²) in [6.45, 7) is 3.46. The number of amides is 1. The van der Waals surface area contributed by atoms with Crippen molar-refractivity contribution >= 4 is 34.2 Å². The largest absolute Gasteiger partial charge is 0.346 e. The van der Waals surface area contributed by atoms with Crippen LogP contribution in [0.3, 0.4) is 0 Å². The van der Waals surface area contributed by atoms with Gasteiger partial charge in [-0.05, 0) is 24.6 Å². The molecule has 3 aromatic rings. The molecule has 0 saturated carbocycles. The summed E-state index contributed by atoms with van der Waals surface area (Å²) >= 11 is 6.20. The second kappa shape index (κ2) is 9.99. The quantitative estimate of drug-likeness (QED) is 0.529. The smallest absolute Gasteiger partial charge is 0.255 e. The summed E-state index contributed by atoms with van der Waals surface area (Å²) in [5, 5.41) is 10.3. The number of hydrogen-bond acceptors (Lipinski definition) is 4. The molecule has 32 heavy (non-hydrogen) atoms. The first-order chi connectivity index (χ1) is 15.6. The number of aromatic nitrogens is 1. The van der Waals surface area contributed by atoms with Gasteiger partial charge in [-0.15, -0.1) is 0 Å². The zero-order chi connectivity index (χ0) is 22.5. The summed E-state index contributed by atoms with van der Waals surface area (Å²) < 4.78 is 1.98. The second-order valence-electron chi connectivity index (χ2n) is 7.99. The molecule has 1 aromatic heterocycles. The van der Waals surface area contributed by atoms with E-state index in [2.05, 4.69) is 11.0 Å². The van der Waals surface area contributed by atoms with Crippen LogP contribution < -0.4 is 0 Å². The van der Waals surface area contributed by atoms with E-state index in [0.717, 1.165) is 23.9 Å². The van der Waals surface area contributed by atoms with Crippen LogP contribution in [0.15, 0.2) is 54.7 Å². The second-order valence-corrected chi connectivity index (χ2v) is 8.39. The van der Waals surface area contributed by atoms with Crippen molar-refractivity contribution in [3.8, 4) is 6.07 Å². The number of benzene rings is 2. The molecule has 1 aliphatic heterocycles. The zero-order valence-corrected chi connectivity index (χ0v) is 18.6. The molecule has 0 aliphatic carbocycles. The van der Waals surface area contributed by atoms with Crippen molar-refractivity contribution in [3.05, 3.63) is 70.9 Å². The Hall–Kier alpha value is -3.14. The van der Waals surface area contributed by atoms with E-state index in [1.807, 2.05) is 52.1 Å². The normalized spacial score (nSPS) is 14.8. The highest BCUT2D eigenvalue weighted by molar-refractivity contribution is 6.33. The third kappa shape index (κ3) is 4.69. The Bertz CT molecular complexity index is 1180. The Morgan fingerprint density at radius 1 is 0.969 bits per heavy atom. The molecular weight excluding hydrogens is 424 g/mol. The number of nitrogens with zero attached hydrogens (tertiary/aromatic N) is 4. The first-order valence-corrected chi connectivity index (χ1v) is 11.2. The number of rotatable bonds is 6. The molecule has 0 unspecified atom stereocenters. The summed E-state index contributed by atoms with van der Waals surface area (Å²) in [5.41, 5.74) is 2.18. The number of hydrogen-bond donors (Lipinski definition) is 0. The van der Waals surface area contributed by atoms with Crippen LogP contribution in [-0.2, 0) is 6.54 Å². The number of aryl methyl sites for hydroxylation is 1. The van der Waals surface area contributed by atoms with Crippen molar-refractivity contribution in [2.45, 2.75) is 19.4 Å². The Kier molecular flexibility index (Phi) is 6.89. The molecule has 2 aromatic carbocycles. The third-order valence-electron chi connectivity index (χ3n) is 5.90. The van der Waals surface area contributed by atoms with E-state index >= 15 is 0 Å². The molecule has 1 amide bonds. The molecule has 0 spiro atoms. The SMILES string of the molecule is N#CCCn1cc(C(=O)CN2CCCN(C(=O)c3ccccc3Cl)CC2)c2ccccc21. The van der Waals surface area contributed by atoms with Gasteiger partial charge in [-0.25, -0.2) is 0 Å². The lowest BCUT2D eigenvalue weighted by atomic mass is 10.1. The number of Topliss-reactive ketones (excluding diaryl/α,β-unsaturated/α-hetero) is 1. The Morgan fingerprint density at radius 2 is 1.75 bits per heavy atom. The lowest BCUT2D eigenvalue weighted by molar-refractivity contribution is 0.0761. The van der Waals surface area contributed by atoms with Crippen LogP contribution in [0.25, 0.3) is 10.9 Å². The minimum atomic E-state index is -0.0654. The number of nitriles is 1. The molecule has 1 aliphatic rings. The van der Waals surface area contributed by atoms with E-state index in [1.54, 1.807) is 12.1 Å². The van der Waals surface area contributed by atoms with E-state index in [-0.39, 0.29) is 11.7 Å². The lowest BCUT2D eigenvalue weighted by Gasteiger charge is -2.22. The van der Waals surface area contributed by atoms with E-state index in [1.165, 1.54) is 0 Å². The summed E-state index contributed by atoms with van der Waals surface area (Å²) in [6, 6.07) is 17.1. The lowest BCUT2D eigenvalue weighted by Crippen LogP contribution is -2.36. The average molecular weight is 449 g/mol. The number of carbonyl (C=O) groups is 2. The van der Waals surface area contributed by atoms with Gasteiger partial charge in [0.25, 0.3) is 5.91 Å². The van der Waals surface area contributed by atoms with Crippen LogP contribution in [0.2, 0.25) is 5.02 Å². The molecule has 0 bridgehead atoms. The summed E-state index contributed by atoms with van der Waals surface area (Å²) in [5.74, 6) is -0.00729. The number of halogens is 1. The standard InChI is InChI=1S/C25H25ClN4O2/c26-22-9-3-1-8-20(22)25(32)29-14-6-12-28(15-16-29)18-24(31)21-17-30(13-5-11-27)23-10-4-2-7-19(21)23/h1-4,7-10,17H,5-6,12-16,18H2. The van der Waals surface area contributed by atoms with E-state index < -0.39 is 0 Å². The molecule has 4 rings (SSSR count). The first kappa shape index (κ1) is 22.1. The summed E-state index contributed by atoms with van der Waals surface area (Å²) in [6.07, 6.45) is 3.07. The van der Waals surface area contributed by atoms with Gasteiger partial charge < -0.3 is 9.47 Å². The maximum atomic E-state index is 13.2. The minimum absolute atomic E-state index is 0.0581. The zero-order valence-electron chi connectivity index (χ0n) is 17.8. The molecule has 0 N–H and O–H groups in total. The van der Waals surface area contributed by atoms with Gasteiger partial charge in [-0.2, -0.15) is 5.26 Å². The Morgan fingerprint density at radius 3 is 2.56 bits per heavy atom. The van der Waals surface area contributed by atoms with E-state index in [9.17, 15) is 9.59 Å². The maximum Gasteiger partial charge on any atom is 0.255 e. The molecule has 6 nitrogen and oxygen atoms in total. The highest BCUT2D eigenvalue weighted by Gasteiger charge is 2.24. The van der Waals surface area contributed by atoms with Gasteiger partial charge in [0.2, 0.25) is 0 Å². The first-order valence-electron chi connectivity index (χ1n) is 10.8. The van der Waals surface area contributed by atoms with Crippen LogP contribution in [0, 0.1) is 11.3 Å². The fourth-order valence-corrected chi connectivity index (χ4v) is 4.47. The monoisotopic (exact) mass is 448 g/mol. The van der Waals surface area contributed by atoms with Gasteiger partial charge in [0.05, 0.1) is 29.6 Å². The average Bonchev–Trinajstić information content (AvgIpc) is 3.02. The number of para-hydroxylation sites is 1. The van der Waals surface area contributed by atoms with E-state index in [0.29, 0.717) is 55.3 Å². The van der Waals surface area contributed by atoms with Gasteiger partial charge in [-0.1, -0.05) is 41.9 Å². The topological polar surface area (TPSA) is 69.3 Å². The van der Waals surface area contributed by atoms with Crippen molar-refractivity contribution in [2.24, 2.45) is 0 Å². The van der Waals surface area contributed by atoms with Crippen LogP contribution >= 0.6 is 11.6 Å². The van der Waals surface area contributed by atoms with Gasteiger partial charge in [0, 0.05) is 55.4 Å². The van der Waals surface area contributed by atoms with Gasteiger partial charge in [-0.3, -0.25) is 14.5 Å². The highest BCUT2D eigenvalue weighted by Crippen LogP contribution is 2.23. The fourth-order valence-electron chi connectivity index (χ4n) is 4.25. The Labute approximate surface area is 192 Å². The molecule has 2 heterocycles. The summed E-state index contributed by atoms with van der Waals surface area (Å²) in [7, 11) is 0. The number of fused-ring (bicyclic) bond motifs is 1. The minimum Gasteiger partial charge on any atom is -0.346 e. The molecule has 1 fully saturated rings. The number of carbonyl (C=O) groups excluding carboxylic acids is 2. The van der Waals surface area contributed by atoms with Crippen molar-refractivity contribution in [2.75, 3.05) is 32.7 Å². The Balaban J connectivity index is 1.44. The van der Waals surface area contributed by atoms with Crippen LogP contribution in [0.4, 0.5) is 0 Å². The molecule has 1 saturated heterocycles. The van der Waals surface area contributed by atoms with Crippen LogP contribution in [0.1, 0.15) is 33.6 Å². The molecular formula is C25H25ClN4O2. The molecule has 7 heteroatoms. The molecule has 0 radical (unpaired) electrons. The molecule has 0 atom stereocenters. The highest BCUT2D eigenvalue weighted by atomic mass is 35.5. The fraction of sp³-hybridized carbons (Fsp3) is 0.320. The van der Waals surface area contributed by atoms with Gasteiger partial charge in [0.1, 0.15) is 0 Å². The van der Waals surface area contributed by atoms with E-state index in [4.69, 9.17) is 16.9 Å². The summed E-state index contributed by atoms with van der Waals surface area (Å²) in [4.78, 5) is 30.0. The predicted octanol–water partition coefficient (Wildman–Crippen LogP) is 4.24. The van der Waals surface area contributed by atoms with Gasteiger partial charge in [0.15, 0.2) is 5.78 Å². The van der Waals surface area contributed by atoms with Crippen molar-refractivity contribution in [1.82, 2.24) is 14.4 Å². The van der Waals surface area contributed by atoms with Crippen LogP contribution in [0.5, 0.6) is 0 Å². The molecule has 164 valence electrons. The third-order valence-corrected chi connectivity index (χ3v) is 6.23. The number of ketones is 1. The van der Waals surface area contributed by atoms with Crippen molar-refractivity contribution < 1.29 is 9.59 Å².